The molecule has 0 saturated heterocycles. The van der Waals surface area contributed by atoms with Crippen LogP contribution < -0.4 is 4.74 Å². The van der Waals surface area contributed by atoms with Gasteiger partial charge in [-0.1, -0.05) is 75.9 Å². The predicted octanol–water partition coefficient (Wildman–Crippen LogP) is 5.64. The number of esters is 1. The Morgan fingerprint density at radius 2 is 1.74 bits per heavy atom. The van der Waals surface area contributed by atoms with Gasteiger partial charge in [-0.15, -0.1) is 0 Å². The Balaban J connectivity index is 1.92. The maximum absolute atomic E-state index is 12.1. The summed E-state index contributed by atoms with van der Waals surface area (Å²) in [7, 11) is 0. The van der Waals surface area contributed by atoms with Crippen LogP contribution in [0.5, 0.6) is 6.01 Å². The van der Waals surface area contributed by atoms with Gasteiger partial charge in [0.15, 0.2) is 0 Å². The van der Waals surface area contributed by atoms with E-state index in [0.717, 1.165) is 37.7 Å². The van der Waals surface area contributed by atoms with Gasteiger partial charge >= 0.3 is 12.0 Å². The van der Waals surface area contributed by atoms with Crippen LogP contribution in [0.1, 0.15) is 69.4 Å². The number of carbonyl (C=O) groups is 1. The molecule has 4 heteroatoms. The number of unbranched alkanes of at least 4 members (excludes halogenated alkanes) is 3. The highest BCUT2D eigenvalue weighted by Gasteiger charge is 2.09. The zero-order valence-corrected chi connectivity index (χ0v) is 16.4. The van der Waals surface area contributed by atoms with Crippen LogP contribution in [0, 0.1) is 0 Å². The number of hydrogen-bond donors (Lipinski definition) is 0. The van der Waals surface area contributed by atoms with Crippen LogP contribution in [0.15, 0.2) is 54.9 Å². The van der Waals surface area contributed by atoms with Crippen molar-refractivity contribution in [2.24, 2.45) is 0 Å². The van der Waals surface area contributed by atoms with Gasteiger partial charge in [-0.05, 0) is 30.4 Å². The summed E-state index contributed by atoms with van der Waals surface area (Å²) in [5, 5.41) is 0. The third kappa shape index (κ3) is 7.73. The summed E-state index contributed by atoms with van der Waals surface area (Å²) in [5.41, 5.74) is 2.28. The average molecular weight is 367 g/mol. The summed E-state index contributed by atoms with van der Waals surface area (Å²) in [6.45, 7) is 4.35. The fourth-order valence-corrected chi connectivity index (χ4v) is 2.92. The standard InChI is InChI=1S/C23H30N2O2/c1-3-5-8-11-19-17-24-23(25-18-19)27-22(26)16-15-21(12-6-4-2)20-13-9-7-10-14-20/h7,9-10,13-18,21H,3-6,8,11-12H2,1-2H3. The molecule has 1 unspecified atom stereocenters. The molecule has 2 aromatic rings. The van der Waals surface area contributed by atoms with Gasteiger partial charge in [0.1, 0.15) is 0 Å². The lowest BCUT2D eigenvalue weighted by molar-refractivity contribution is -0.129. The Bertz CT molecular complexity index is 696. The highest BCUT2D eigenvalue weighted by Crippen LogP contribution is 2.23. The molecule has 27 heavy (non-hydrogen) atoms. The van der Waals surface area contributed by atoms with E-state index in [1.807, 2.05) is 24.3 Å². The molecule has 0 N–H and O–H groups in total. The molecule has 2 rings (SSSR count). The van der Waals surface area contributed by atoms with E-state index < -0.39 is 5.97 Å². The fourth-order valence-electron chi connectivity index (χ4n) is 2.92. The number of allylic oxidation sites excluding steroid dienone is 1. The number of ether oxygens (including phenoxy) is 1. The van der Waals surface area contributed by atoms with Crippen molar-refractivity contribution in [2.45, 2.75) is 64.7 Å². The molecule has 1 aromatic carbocycles. The third-order valence-corrected chi connectivity index (χ3v) is 4.50. The van der Waals surface area contributed by atoms with Crippen LogP contribution in [0.25, 0.3) is 0 Å². The second-order valence-corrected chi connectivity index (χ2v) is 6.77. The summed E-state index contributed by atoms with van der Waals surface area (Å²) in [4.78, 5) is 20.4. The highest BCUT2D eigenvalue weighted by atomic mass is 16.5. The Hall–Kier alpha value is -2.49. The Labute approximate surface area is 162 Å². The summed E-state index contributed by atoms with van der Waals surface area (Å²) in [6, 6.07) is 10.3. The van der Waals surface area contributed by atoms with Crippen LogP contribution in [0.3, 0.4) is 0 Å². The zero-order valence-electron chi connectivity index (χ0n) is 16.4. The van der Waals surface area contributed by atoms with Crippen LogP contribution >= 0.6 is 0 Å². The number of nitrogens with zero attached hydrogens (tertiary/aromatic N) is 2. The molecular weight excluding hydrogens is 336 g/mol. The lowest BCUT2D eigenvalue weighted by atomic mass is 9.93. The largest absolute Gasteiger partial charge is 0.388 e. The monoisotopic (exact) mass is 366 g/mol. The van der Waals surface area contributed by atoms with Crippen molar-refractivity contribution in [1.82, 2.24) is 9.97 Å². The van der Waals surface area contributed by atoms with E-state index in [1.54, 1.807) is 12.4 Å². The maximum atomic E-state index is 12.1. The van der Waals surface area contributed by atoms with Crippen LogP contribution in [0.4, 0.5) is 0 Å². The van der Waals surface area contributed by atoms with Crippen molar-refractivity contribution in [3.05, 3.63) is 66.0 Å². The molecule has 0 fully saturated rings. The first-order valence-electron chi connectivity index (χ1n) is 9.98. The number of benzene rings is 1. The van der Waals surface area contributed by atoms with Crippen LogP contribution in [-0.2, 0) is 11.2 Å². The number of aryl methyl sites for hydroxylation is 1. The average Bonchev–Trinajstić information content (AvgIpc) is 2.70. The Morgan fingerprint density at radius 1 is 1.04 bits per heavy atom. The molecule has 0 saturated carbocycles. The minimum absolute atomic E-state index is 0.105. The molecule has 0 spiro atoms. The van der Waals surface area contributed by atoms with Gasteiger partial charge in [-0.25, -0.2) is 14.8 Å². The van der Waals surface area contributed by atoms with E-state index in [-0.39, 0.29) is 11.9 Å². The number of rotatable bonds is 11. The molecule has 0 aliphatic rings. The molecule has 0 amide bonds. The zero-order chi connectivity index (χ0) is 19.3. The Kier molecular flexibility index (Phi) is 9.25. The van der Waals surface area contributed by atoms with Crippen molar-refractivity contribution in [3.8, 4) is 6.01 Å². The van der Waals surface area contributed by atoms with Crippen LogP contribution in [-0.4, -0.2) is 15.9 Å². The molecule has 0 radical (unpaired) electrons. The number of hydrogen-bond acceptors (Lipinski definition) is 4. The van der Waals surface area contributed by atoms with Gasteiger partial charge in [0.2, 0.25) is 0 Å². The third-order valence-electron chi connectivity index (χ3n) is 4.50. The molecule has 4 nitrogen and oxygen atoms in total. The highest BCUT2D eigenvalue weighted by molar-refractivity contribution is 5.83. The number of carbonyl (C=O) groups excluding carboxylic acids is 1. The fraction of sp³-hybridized carbons (Fsp3) is 0.435. The molecule has 0 aliphatic carbocycles. The van der Waals surface area contributed by atoms with E-state index in [9.17, 15) is 4.79 Å². The molecule has 1 aromatic heterocycles. The molecule has 1 atom stereocenters. The molecule has 0 bridgehead atoms. The van der Waals surface area contributed by atoms with Crippen molar-refractivity contribution in [1.29, 1.82) is 0 Å². The summed E-state index contributed by atoms with van der Waals surface area (Å²) in [6.07, 6.45) is 14.6. The minimum atomic E-state index is -0.439. The molecule has 144 valence electrons. The van der Waals surface area contributed by atoms with Gasteiger partial charge in [0.25, 0.3) is 0 Å². The van der Waals surface area contributed by atoms with E-state index in [1.165, 1.54) is 24.5 Å². The SMILES string of the molecule is CCCCCc1cnc(OC(=O)C=CC(CCCC)c2ccccc2)nc1. The lowest BCUT2D eigenvalue weighted by Gasteiger charge is -2.12. The van der Waals surface area contributed by atoms with E-state index in [0.29, 0.717) is 0 Å². The normalized spacial score (nSPS) is 12.2. The van der Waals surface area contributed by atoms with E-state index in [4.69, 9.17) is 4.74 Å². The number of aromatic nitrogens is 2. The molecule has 0 aliphatic heterocycles. The lowest BCUT2D eigenvalue weighted by Crippen LogP contribution is -2.08. The first kappa shape index (κ1) is 20.8. The second-order valence-electron chi connectivity index (χ2n) is 6.77. The quantitative estimate of drug-likeness (QED) is 0.293. The van der Waals surface area contributed by atoms with Gasteiger partial charge in [0.05, 0.1) is 0 Å². The molecular formula is C23H30N2O2. The van der Waals surface area contributed by atoms with Crippen molar-refractivity contribution >= 4 is 5.97 Å². The first-order chi connectivity index (χ1) is 13.2. The summed E-state index contributed by atoms with van der Waals surface area (Å²) < 4.78 is 5.24. The van der Waals surface area contributed by atoms with E-state index in [2.05, 4.69) is 35.9 Å². The van der Waals surface area contributed by atoms with Gasteiger partial charge < -0.3 is 4.74 Å². The van der Waals surface area contributed by atoms with Crippen molar-refractivity contribution in [2.75, 3.05) is 0 Å². The smallest absolute Gasteiger partial charge is 0.338 e. The Morgan fingerprint density at radius 3 is 2.41 bits per heavy atom. The van der Waals surface area contributed by atoms with Crippen molar-refractivity contribution < 1.29 is 9.53 Å². The predicted molar refractivity (Wildman–Crippen MR) is 109 cm³/mol. The summed E-state index contributed by atoms with van der Waals surface area (Å²) in [5.74, 6) is -0.230. The van der Waals surface area contributed by atoms with Gasteiger partial charge in [-0.3, -0.25) is 0 Å². The first-order valence-corrected chi connectivity index (χ1v) is 9.98. The van der Waals surface area contributed by atoms with Gasteiger partial charge in [-0.2, -0.15) is 0 Å². The van der Waals surface area contributed by atoms with Crippen LogP contribution in [0.2, 0.25) is 0 Å². The van der Waals surface area contributed by atoms with Gasteiger partial charge in [0, 0.05) is 24.4 Å². The molecule has 1 heterocycles. The summed E-state index contributed by atoms with van der Waals surface area (Å²) >= 11 is 0. The minimum Gasteiger partial charge on any atom is -0.388 e. The van der Waals surface area contributed by atoms with E-state index >= 15 is 0 Å². The topological polar surface area (TPSA) is 52.1 Å². The second kappa shape index (κ2) is 12.0. The maximum Gasteiger partial charge on any atom is 0.338 e. The van der Waals surface area contributed by atoms with Crippen molar-refractivity contribution in [3.63, 3.8) is 0 Å².